The summed E-state index contributed by atoms with van der Waals surface area (Å²) in [5.74, 6) is -0.653. The van der Waals surface area contributed by atoms with Crippen molar-refractivity contribution in [2.75, 3.05) is 6.61 Å². The van der Waals surface area contributed by atoms with Gasteiger partial charge in [0.2, 0.25) is 11.8 Å². The van der Waals surface area contributed by atoms with Crippen molar-refractivity contribution in [1.29, 1.82) is 0 Å². The molecular formula is C10H13F3N2O4. The monoisotopic (exact) mass is 282 g/mol. The van der Waals surface area contributed by atoms with Crippen molar-refractivity contribution in [3.63, 3.8) is 0 Å². The quantitative estimate of drug-likeness (QED) is 0.733. The first-order valence-electron chi connectivity index (χ1n) is 5.54. The molecule has 0 spiro atoms. The average Bonchev–Trinajstić information content (AvgIpc) is 2.70. The number of rotatable bonds is 8. The molecule has 0 amide bonds. The molecule has 0 aliphatic rings. The van der Waals surface area contributed by atoms with E-state index in [0.717, 1.165) is 0 Å². The number of aliphatic carboxylic acids is 1. The molecule has 0 saturated heterocycles. The molecule has 1 heterocycles. The van der Waals surface area contributed by atoms with E-state index in [1.54, 1.807) is 0 Å². The van der Waals surface area contributed by atoms with Gasteiger partial charge in [-0.2, -0.15) is 13.2 Å². The summed E-state index contributed by atoms with van der Waals surface area (Å²) < 4.78 is 44.8. The Balaban J connectivity index is 2.22. The van der Waals surface area contributed by atoms with Gasteiger partial charge in [0.25, 0.3) is 0 Å². The maximum atomic E-state index is 11.8. The zero-order chi connectivity index (χ0) is 14.3. The Kier molecular flexibility index (Phi) is 5.74. The summed E-state index contributed by atoms with van der Waals surface area (Å²) in [6, 6.07) is 0. The Morgan fingerprint density at radius 3 is 2.58 bits per heavy atom. The number of carbonyl (C=O) groups is 1. The number of aryl methyl sites for hydroxylation is 1. The molecule has 0 aliphatic carbocycles. The minimum absolute atomic E-state index is 0.0301. The maximum Gasteiger partial charge on any atom is 0.411 e. The van der Waals surface area contributed by atoms with E-state index in [-0.39, 0.29) is 18.2 Å². The van der Waals surface area contributed by atoms with Crippen molar-refractivity contribution in [2.45, 2.75) is 38.5 Å². The number of carboxylic acid groups (broad SMARTS) is 1. The summed E-state index contributed by atoms with van der Waals surface area (Å²) in [5.41, 5.74) is 0. The first kappa shape index (κ1) is 15.4. The lowest BCUT2D eigenvalue weighted by Gasteiger charge is -2.04. The number of halogens is 3. The predicted octanol–water partition coefficient (Wildman–Crippen LogP) is 1.95. The molecule has 1 aromatic rings. The van der Waals surface area contributed by atoms with E-state index in [1.165, 1.54) is 0 Å². The molecule has 0 aliphatic heterocycles. The number of nitrogens with zero attached hydrogens (tertiary/aromatic N) is 2. The number of hydrogen-bond donors (Lipinski definition) is 1. The van der Waals surface area contributed by atoms with Crippen LogP contribution in [0.1, 0.15) is 31.0 Å². The molecule has 0 aromatic carbocycles. The SMILES string of the molecule is O=C(O)CCCCc1nnc(COCC(F)(F)F)o1. The van der Waals surface area contributed by atoms with Gasteiger partial charge in [0.05, 0.1) is 0 Å². The standard InChI is InChI=1S/C10H13F3N2O4/c11-10(12,13)6-18-5-8-15-14-7(19-8)3-1-2-4-9(16)17/h1-6H2,(H,16,17). The van der Waals surface area contributed by atoms with Crippen LogP contribution in [0.5, 0.6) is 0 Å². The highest BCUT2D eigenvalue weighted by Gasteiger charge is 2.27. The Labute approximate surface area is 106 Å². The lowest BCUT2D eigenvalue weighted by atomic mass is 10.2. The summed E-state index contributed by atoms with van der Waals surface area (Å²) in [5, 5.41) is 15.6. The van der Waals surface area contributed by atoms with Crippen molar-refractivity contribution in [1.82, 2.24) is 10.2 Å². The fraction of sp³-hybridized carbons (Fsp3) is 0.700. The van der Waals surface area contributed by atoms with Gasteiger partial charge in [-0.3, -0.25) is 4.79 Å². The van der Waals surface area contributed by atoms with Crippen LogP contribution in [-0.2, 0) is 22.6 Å². The Hall–Kier alpha value is -1.64. The summed E-state index contributed by atoms with van der Waals surface area (Å²) in [6.07, 6.45) is -2.93. The van der Waals surface area contributed by atoms with Crippen LogP contribution in [0.15, 0.2) is 4.42 Å². The average molecular weight is 282 g/mol. The van der Waals surface area contributed by atoms with E-state index in [4.69, 9.17) is 9.52 Å². The molecule has 0 atom stereocenters. The van der Waals surface area contributed by atoms with Gasteiger partial charge in [0, 0.05) is 12.8 Å². The van der Waals surface area contributed by atoms with Crippen molar-refractivity contribution in [3.05, 3.63) is 11.8 Å². The molecule has 0 saturated carbocycles. The van der Waals surface area contributed by atoms with Crippen LogP contribution < -0.4 is 0 Å². The van der Waals surface area contributed by atoms with Gasteiger partial charge in [0.1, 0.15) is 13.2 Å². The molecule has 0 bridgehead atoms. The van der Waals surface area contributed by atoms with Gasteiger partial charge in [-0.25, -0.2) is 0 Å². The van der Waals surface area contributed by atoms with Gasteiger partial charge >= 0.3 is 12.1 Å². The van der Waals surface area contributed by atoms with Gasteiger partial charge in [0.15, 0.2) is 0 Å². The maximum absolute atomic E-state index is 11.8. The van der Waals surface area contributed by atoms with E-state index in [1.807, 2.05) is 0 Å². The second-order valence-corrected chi connectivity index (χ2v) is 3.80. The molecule has 6 nitrogen and oxygen atoms in total. The van der Waals surface area contributed by atoms with Gasteiger partial charge in [-0.05, 0) is 12.8 Å². The third kappa shape index (κ3) is 7.39. The smallest absolute Gasteiger partial charge is 0.411 e. The van der Waals surface area contributed by atoms with Crippen LogP contribution in [-0.4, -0.2) is 34.1 Å². The van der Waals surface area contributed by atoms with Crippen LogP contribution in [0.4, 0.5) is 13.2 Å². The molecule has 1 N–H and O–H groups in total. The third-order valence-corrected chi connectivity index (χ3v) is 2.03. The molecule has 108 valence electrons. The number of hydrogen-bond acceptors (Lipinski definition) is 5. The summed E-state index contributed by atoms with van der Waals surface area (Å²) >= 11 is 0. The topological polar surface area (TPSA) is 85.5 Å². The van der Waals surface area contributed by atoms with E-state index in [2.05, 4.69) is 14.9 Å². The first-order valence-corrected chi connectivity index (χ1v) is 5.54. The zero-order valence-corrected chi connectivity index (χ0v) is 9.94. The largest absolute Gasteiger partial charge is 0.481 e. The van der Waals surface area contributed by atoms with Gasteiger partial charge in [-0.15, -0.1) is 10.2 Å². The first-order chi connectivity index (χ1) is 8.87. The molecule has 0 unspecified atom stereocenters. The second kappa shape index (κ2) is 7.07. The second-order valence-electron chi connectivity index (χ2n) is 3.80. The number of alkyl halides is 3. The molecule has 0 radical (unpaired) electrons. The third-order valence-electron chi connectivity index (χ3n) is 2.03. The molecule has 0 fully saturated rings. The fourth-order valence-electron chi connectivity index (χ4n) is 1.25. The lowest BCUT2D eigenvalue weighted by Crippen LogP contribution is -2.16. The van der Waals surface area contributed by atoms with Crippen molar-refractivity contribution in [3.8, 4) is 0 Å². The number of ether oxygens (including phenoxy) is 1. The van der Waals surface area contributed by atoms with Crippen molar-refractivity contribution >= 4 is 5.97 Å². The molecule has 1 rings (SSSR count). The molecule has 19 heavy (non-hydrogen) atoms. The molecule has 1 aromatic heterocycles. The summed E-state index contributed by atoms with van der Waals surface area (Å²) in [6.45, 7) is -1.77. The highest BCUT2D eigenvalue weighted by atomic mass is 19.4. The zero-order valence-electron chi connectivity index (χ0n) is 9.94. The summed E-state index contributed by atoms with van der Waals surface area (Å²) in [7, 11) is 0. The Morgan fingerprint density at radius 2 is 1.95 bits per heavy atom. The number of unbranched alkanes of at least 4 members (excludes halogenated alkanes) is 1. The fourth-order valence-corrected chi connectivity index (χ4v) is 1.25. The summed E-state index contributed by atoms with van der Waals surface area (Å²) in [4.78, 5) is 10.3. The van der Waals surface area contributed by atoms with Crippen LogP contribution in [0.25, 0.3) is 0 Å². The number of carboxylic acids is 1. The minimum Gasteiger partial charge on any atom is -0.481 e. The molecule has 9 heteroatoms. The normalized spacial score (nSPS) is 11.7. The van der Waals surface area contributed by atoms with Crippen molar-refractivity contribution in [2.24, 2.45) is 0 Å². The van der Waals surface area contributed by atoms with Crippen LogP contribution in [0.2, 0.25) is 0 Å². The minimum atomic E-state index is -4.39. The van der Waals surface area contributed by atoms with Crippen LogP contribution in [0.3, 0.4) is 0 Å². The lowest BCUT2D eigenvalue weighted by molar-refractivity contribution is -0.177. The number of aromatic nitrogens is 2. The van der Waals surface area contributed by atoms with E-state index in [0.29, 0.717) is 19.3 Å². The Bertz CT molecular complexity index is 406. The van der Waals surface area contributed by atoms with E-state index < -0.39 is 25.4 Å². The van der Waals surface area contributed by atoms with Gasteiger partial charge < -0.3 is 14.3 Å². The van der Waals surface area contributed by atoms with Crippen LogP contribution >= 0.6 is 0 Å². The van der Waals surface area contributed by atoms with Crippen LogP contribution in [0, 0.1) is 0 Å². The highest BCUT2D eigenvalue weighted by Crippen LogP contribution is 2.15. The Morgan fingerprint density at radius 1 is 1.26 bits per heavy atom. The van der Waals surface area contributed by atoms with Crippen molar-refractivity contribution < 1.29 is 32.2 Å². The van der Waals surface area contributed by atoms with E-state index >= 15 is 0 Å². The predicted molar refractivity (Wildman–Crippen MR) is 55.2 cm³/mol. The highest BCUT2D eigenvalue weighted by molar-refractivity contribution is 5.66. The van der Waals surface area contributed by atoms with Gasteiger partial charge in [-0.1, -0.05) is 0 Å². The van der Waals surface area contributed by atoms with E-state index in [9.17, 15) is 18.0 Å². The molecular weight excluding hydrogens is 269 g/mol.